The van der Waals surface area contributed by atoms with Gasteiger partial charge in [0.25, 0.3) is 0 Å². The van der Waals surface area contributed by atoms with Crippen LogP contribution in [0.4, 0.5) is 19.1 Å². The third-order valence-corrected chi connectivity index (χ3v) is 5.44. The molecule has 1 fully saturated rings. The zero-order chi connectivity index (χ0) is 23.4. The molecule has 7 nitrogen and oxygen atoms in total. The maximum Gasteiger partial charge on any atom is 0.416 e. The molecule has 0 amide bonds. The van der Waals surface area contributed by atoms with Crippen LogP contribution in [0.15, 0.2) is 54.6 Å². The minimum absolute atomic E-state index is 0.0319. The molecule has 0 bridgehead atoms. The van der Waals surface area contributed by atoms with Gasteiger partial charge in [-0.3, -0.25) is 4.79 Å². The van der Waals surface area contributed by atoms with Crippen molar-refractivity contribution in [1.29, 1.82) is 0 Å². The minimum atomic E-state index is -4.51. The first-order chi connectivity index (χ1) is 15.8. The van der Waals surface area contributed by atoms with Crippen LogP contribution in [-0.2, 0) is 17.6 Å². The van der Waals surface area contributed by atoms with Gasteiger partial charge in [-0.05, 0) is 18.9 Å². The summed E-state index contributed by atoms with van der Waals surface area (Å²) in [5.74, 6) is -0.638. The summed E-state index contributed by atoms with van der Waals surface area (Å²) in [5.41, 5.74) is -0.115. The van der Waals surface area contributed by atoms with E-state index in [9.17, 15) is 23.1 Å². The molecule has 0 radical (unpaired) electrons. The van der Waals surface area contributed by atoms with Crippen molar-refractivity contribution in [3.63, 3.8) is 0 Å². The minimum Gasteiger partial charge on any atom is -0.481 e. The third kappa shape index (κ3) is 5.39. The first-order valence-corrected chi connectivity index (χ1v) is 10.4. The summed E-state index contributed by atoms with van der Waals surface area (Å²) >= 11 is 0. The third-order valence-electron chi connectivity index (χ3n) is 5.44. The van der Waals surface area contributed by atoms with Gasteiger partial charge in [0.05, 0.1) is 11.5 Å². The van der Waals surface area contributed by atoms with E-state index in [1.54, 1.807) is 12.1 Å². The number of anilines is 1. The number of alkyl halides is 3. The highest BCUT2D eigenvalue weighted by Gasteiger charge is 2.33. The van der Waals surface area contributed by atoms with Gasteiger partial charge in [0.1, 0.15) is 6.61 Å². The van der Waals surface area contributed by atoms with Crippen LogP contribution >= 0.6 is 0 Å². The molecule has 33 heavy (non-hydrogen) atoms. The number of rotatable bonds is 6. The van der Waals surface area contributed by atoms with E-state index in [1.165, 1.54) is 18.2 Å². The molecule has 172 valence electrons. The number of carbonyl (C=O) groups is 1. The Hall–Kier alpha value is -3.69. The largest absolute Gasteiger partial charge is 0.481 e. The Labute approximate surface area is 187 Å². The van der Waals surface area contributed by atoms with Crippen molar-refractivity contribution in [2.24, 2.45) is 5.92 Å². The fraction of sp³-hybridized carbons (Fsp3) is 0.304. The van der Waals surface area contributed by atoms with E-state index in [4.69, 9.17) is 4.74 Å². The number of nitrogens with zero attached hydrogens (tertiary/aromatic N) is 4. The fourth-order valence-electron chi connectivity index (χ4n) is 3.66. The molecule has 4 rings (SSSR count). The second kappa shape index (κ2) is 9.43. The van der Waals surface area contributed by atoms with Crippen molar-refractivity contribution >= 4 is 11.9 Å². The van der Waals surface area contributed by atoms with Crippen LogP contribution in [0.5, 0.6) is 6.01 Å². The lowest BCUT2D eigenvalue weighted by molar-refractivity contribution is -0.142. The lowest BCUT2D eigenvalue weighted by Crippen LogP contribution is -2.37. The Bertz CT molecular complexity index is 1120. The van der Waals surface area contributed by atoms with E-state index in [0.717, 1.165) is 6.07 Å². The molecule has 10 heteroatoms. The quantitative estimate of drug-likeness (QED) is 0.584. The summed E-state index contributed by atoms with van der Waals surface area (Å²) in [6, 6.07) is 14.2. The molecule has 0 aliphatic carbocycles. The van der Waals surface area contributed by atoms with E-state index >= 15 is 0 Å². The van der Waals surface area contributed by atoms with Crippen LogP contribution in [0.25, 0.3) is 11.4 Å². The summed E-state index contributed by atoms with van der Waals surface area (Å²) in [6.45, 7) is 0.506. The highest BCUT2D eigenvalue weighted by atomic mass is 19.4. The molecular weight excluding hydrogens is 437 g/mol. The van der Waals surface area contributed by atoms with Gasteiger partial charge in [-0.2, -0.15) is 28.1 Å². The van der Waals surface area contributed by atoms with Crippen LogP contribution in [0.1, 0.15) is 24.0 Å². The number of benzene rings is 2. The first-order valence-electron chi connectivity index (χ1n) is 10.4. The second-order valence-electron chi connectivity index (χ2n) is 7.65. The molecule has 1 aliphatic rings. The standard InChI is InChI=1S/C23H21F3N4O3/c24-23(25,26)18-9-5-4-8-17(18)14-33-22-28-19(15-6-2-1-3-7-15)27-21(29-22)30-12-10-16(11-13-30)20(31)32/h1-9,16H,10-14H2,(H,31,32). The molecule has 0 spiro atoms. The molecular formula is C23H21F3N4O3. The second-order valence-corrected chi connectivity index (χ2v) is 7.65. The highest BCUT2D eigenvalue weighted by Crippen LogP contribution is 2.32. The predicted octanol–water partition coefficient (Wildman–Crippen LogP) is 4.44. The summed E-state index contributed by atoms with van der Waals surface area (Å²) in [6.07, 6.45) is -3.62. The molecule has 1 saturated heterocycles. The number of piperidine rings is 1. The molecule has 1 aliphatic heterocycles. The van der Waals surface area contributed by atoms with Gasteiger partial charge < -0.3 is 14.7 Å². The summed E-state index contributed by atoms with van der Waals surface area (Å²) in [4.78, 5) is 26.2. The smallest absolute Gasteiger partial charge is 0.416 e. The van der Waals surface area contributed by atoms with Gasteiger partial charge in [0.15, 0.2) is 5.82 Å². The van der Waals surface area contributed by atoms with Crippen LogP contribution in [-0.4, -0.2) is 39.1 Å². The number of carboxylic acid groups (broad SMARTS) is 1. The van der Waals surface area contributed by atoms with Crippen LogP contribution < -0.4 is 9.64 Å². The number of aliphatic carboxylic acids is 1. The normalized spacial score (nSPS) is 14.8. The molecule has 1 aromatic heterocycles. The van der Waals surface area contributed by atoms with Crippen molar-refractivity contribution in [3.05, 3.63) is 65.7 Å². The van der Waals surface area contributed by atoms with Crippen molar-refractivity contribution in [3.8, 4) is 17.4 Å². The van der Waals surface area contributed by atoms with Crippen LogP contribution in [0, 0.1) is 5.92 Å². The molecule has 0 unspecified atom stereocenters. The zero-order valence-electron chi connectivity index (χ0n) is 17.5. The Morgan fingerprint density at radius 2 is 1.67 bits per heavy atom. The SMILES string of the molecule is O=C(O)C1CCN(c2nc(OCc3ccccc3C(F)(F)F)nc(-c3ccccc3)n2)CC1. The van der Waals surface area contributed by atoms with Crippen molar-refractivity contribution in [2.45, 2.75) is 25.6 Å². The van der Waals surface area contributed by atoms with E-state index in [2.05, 4.69) is 15.0 Å². The Kier molecular flexibility index (Phi) is 6.43. The number of halogens is 3. The summed E-state index contributed by atoms with van der Waals surface area (Å²) in [7, 11) is 0. The number of ether oxygens (including phenoxy) is 1. The number of aromatic nitrogens is 3. The molecule has 3 aromatic rings. The highest BCUT2D eigenvalue weighted by molar-refractivity contribution is 5.70. The maximum atomic E-state index is 13.3. The number of hydrogen-bond acceptors (Lipinski definition) is 6. The van der Waals surface area contributed by atoms with Gasteiger partial charge in [-0.1, -0.05) is 48.5 Å². The zero-order valence-corrected chi connectivity index (χ0v) is 17.5. The lowest BCUT2D eigenvalue weighted by Gasteiger charge is -2.30. The number of hydrogen-bond donors (Lipinski definition) is 1. The first kappa shape index (κ1) is 22.5. The Morgan fingerprint density at radius 3 is 2.33 bits per heavy atom. The van der Waals surface area contributed by atoms with Crippen molar-refractivity contribution < 1.29 is 27.8 Å². The van der Waals surface area contributed by atoms with Crippen molar-refractivity contribution in [1.82, 2.24) is 15.0 Å². The van der Waals surface area contributed by atoms with Gasteiger partial charge in [-0.25, -0.2) is 0 Å². The van der Waals surface area contributed by atoms with Gasteiger partial charge in [0.2, 0.25) is 5.95 Å². The predicted molar refractivity (Wildman–Crippen MR) is 114 cm³/mol. The monoisotopic (exact) mass is 458 g/mol. The Morgan fingerprint density at radius 1 is 1.00 bits per heavy atom. The van der Waals surface area contributed by atoms with E-state index < -0.39 is 23.6 Å². The topological polar surface area (TPSA) is 88.4 Å². The molecule has 0 atom stereocenters. The summed E-state index contributed by atoms with van der Waals surface area (Å²) < 4.78 is 45.5. The Balaban J connectivity index is 1.62. The maximum absolute atomic E-state index is 13.3. The van der Waals surface area contributed by atoms with E-state index in [0.29, 0.717) is 43.3 Å². The molecule has 1 N–H and O–H groups in total. The van der Waals surface area contributed by atoms with Crippen LogP contribution in [0.3, 0.4) is 0 Å². The average molecular weight is 458 g/mol. The molecule has 2 aromatic carbocycles. The van der Waals surface area contributed by atoms with E-state index in [-0.39, 0.29) is 18.2 Å². The van der Waals surface area contributed by atoms with Gasteiger partial charge >= 0.3 is 18.2 Å². The van der Waals surface area contributed by atoms with Crippen molar-refractivity contribution in [2.75, 3.05) is 18.0 Å². The molecule has 0 saturated carbocycles. The lowest BCUT2D eigenvalue weighted by atomic mass is 9.97. The fourth-order valence-corrected chi connectivity index (χ4v) is 3.66. The van der Waals surface area contributed by atoms with Crippen LogP contribution in [0.2, 0.25) is 0 Å². The van der Waals surface area contributed by atoms with E-state index in [1.807, 2.05) is 23.1 Å². The average Bonchev–Trinajstić information content (AvgIpc) is 2.83. The molecule has 2 heterocycles. The van der Waals surface area contributed by atoms with Gasteiger partial charge in [-0.15, -0.1) is 0 Å². The number of carboxylic acids is 1. The van der Waals surface area contributed by atoms with Gasteiger partial charge in [0, 0.05) is 24.2 Å². The summed E-state index contributed by atoms with van der Waals surface area (Å²) in [5, 5.41) is 9.23.